The van der Waals surface area contributed by atoms with E-state index in [2.05, 4.69) is 19.9 Å². The number of unbranched alkanes of at least 4 members (excludes halogenated alkanes) is 1. The molecule has 212 valence electrons. The molecule has 1 aromatic carbocycles. The Hall–Kier alpha value is -3.56. The van der Waals surface area contributed by atoms with Crippen molar-refractivity contribution in [3.63, 3.8) is 0 Å². The monoisotopic (exact) mass is 564 g/mol. The highest BCUT2D eigenvalue weighted by molar-refractivity contribution is 7.89. The quantitative estimate of drug-likeness (QED) is 0.173. The first-order valence-electron chi connectivity index (χ1n) is 12.8. The first kappa shape index (κ1) is 28.4. The standard InChI is InChI=1S/C24H32N6O8S/c1-4-8-19-21-22(28(3)27-19)24(31)26-23(25-21)18-13-17(9-10-20(18)36-5-2)39(34,35)29-14-16(15-29)37-11-6-7-12-38-30(32)33/h9-10,13,16H,4-8,11-12,14-15H2,1-3H3,(H,25,26,31). The number of aryl methyl sites for hydroxylation is 2. The van der Waals surface area contributed by atoms with Gasteiger partial charge in [0, 0.05) is 26.7 Å². The minimum atomic E-state index is -3.84. The Bertz CT molecular complexity index is 1500. The van der Waals surface area contributed by atoms with Gasteiger partial charge in [-0.3, -0.25) is 9.48 Å². The minimum Gasteiger partial charge on any atom is -0.493 e. The largest absolute Gasteiger partial charge is 0.493 e. The van der Waals surface area contributed by atoms with Crippen molar-refractivity contribution in [1.82, 2.24) is 24.1 Å². The predicted molar refractivity (Wildman–Crippen MR) is 140 cm³/mol. The van der Waals surface area contributed by atoms with Gasteiger partial charge in [0.1, 0.15) is 17.1 Å². The van der Waals surface area contributed by atoms with Crippen molar-refractivity contribution in [3.8, 4) is 17.1 Å². The topological polar surface area (TPSA) is 172 Å². The van der Waals surface area contributed by atoms with Gasteiger partial charge in [-0.05, 0) is 44.4 Å². The Balaban J connectivity index is 1.54. The number of hydrogen-bond acceptors (Lipinski definition) is 10. The summed E-state index contributed by atoms with van der Waals surface area (Å²) in [5.41, 5.74) is 1.49. The number of nitrogens with one attached hydrogen (secondary N) is 1. The summed E-state index contributed by atoms with van der Waals surface area (Å²) in [6.07, 6.45) is 2.23. The molecule has 3 heterocycles. The molecule has 1 aliphatic rings. The smallest absolute Gasteiger partial charge is 0.294 e. The molecule has 0 amide bonds. The number of aromatic amines is 1. The third-order valence-corrected chi connectivity index (χ3v) is 8.12. The van der Waals surface area contributed by atoms with Crippen LogP contribution in [0.3, 0.4) is 0 Å². The third kappa shape index (κ3) is 6.20. The highest BCUT2D eigenvalue weighted by atomic mass is 32.2. The van der Waals surface area contributed by atoms with E-state index in [9.17, 15) is 23.3 Å². The van der Waals surface area contributed by atoms with Gasteiger partial charge in [0.15, 0.2) is 5.52 Å². The Kier molecular flexibility index (Phi) is 8.82. The van der Waals surface area contributed by atoms with Gasteiger partial charge in [-0.25, -0.2) is 13.4 Å². The molecule has 0 aliphatic carbocycles. The lowest BCUT2D eigenvalue weighted by atomic mass is 10.1. The lowest BCUT2D eigenvalue weighted by Crippen LogP contribution is -2.54. The molecule has 15 heteroatoms. The summed E-state index contributed by atoms with van der Waals surface area (Å²) in [6.45, 7) is 4.88. The van der Waals surface area contributed by atoms with Crippen LogP contribution in [0.25, 0.3) is 22.4 Å². The molecule has 1 saturated heterocycles. The van der Waals surface area contributed by atoms with Crippen molar-refractivity contribution in [2.75, 3.05) is 32.9 Å². The fourth-order valence-electron chi connectivity index (χ4n) is 4.36. The molecule has 0 unspecified atom stereocenters. The molecule has 0 spiro atoms. The predicted octanol–water partition coefficient (Wildman–Crippen LogP) is 2.05. The van der Waals surface area contributed by atoms with Crippen LogP contribution in [0.5, 0.6) is 5.75 Å². The van der Waals surface area contributed by atoms with Gasteiger partial charge < -0.3 is 19.3 Å². The number of ether oxygens (including phenoxy) is 2. The van der Waals surface area contributed by atoms with Crippen LogP contribution >= 0.6 is 0 Å². The molecule has 3 aromatic rings. The highest BCUT2D eigenvalue weighted by Crippen LogP contribution is 2.33. The highest BCUT2D eigenvalue weighted by Gasteiger charge is 2.37. The van der Waals surface area contributed by atoms with Crippen molar-refractivity contribution in [1.29, 1.82) is 0 Å². The number of hydrogen-bond donors (Lipinski definition) is 1. The lowest BCUT2D eigenvalue weighted by Gasteiger charge is -2.37. The maximum atomic E-state index is 13.4. The first-order valence-corrected chi connectivity index (χ1v) is 14.2. The summed E-state index contributed by atoms with van der Waals surface area (Å²) in [5.74, 6) is 0.593. The molecule has 0 saturated carbocycles. The number of H-pyrrole nitrogens is 1. The van der Waals surface area contributed by atoms with Crippen LogP contribution in [-0.4, -0.2) is 76.6 Å². The maximum absolute atomic E-state index is 13.4. The number of benzene rings is 1. The summed E-state index contributed by atoms with van der Waals surface area (Å²) in [7, 11) is -2.16. The van der Waals surface area contributed by atoms with E-state index in [1.165, 1.54) is 21.1 Å². The minimum absolute atomic E-state index is 0.00460. The Labute approximate surface area is 225 Å². The first-order chi connectivity index (χ1) is 18.6. The van der Waals surface area contributed by atoms with E-state index in [0.717, 1.165) is 6.42 Å². The zero-order chi connectivity index (χ0) is 28.2. The number of aromatic nitrogens is 4. The molecule has 1 aliphatic heterocycles. The second kappa shape index (κ2) is 12.1. The molecule has 14 nitrogen and oxygen atoms in total. The van der Waals surface area contributed by atoms with Crippen molar-refractivity contribution < 1.29 is 27.8 Å². The molecule has 0 radical (unpaired) electrons. The third-order valence-electron chi connectivity index (χ3n) is 6.30. The Morgan fingerprint density at radius 1 is 1.21 bits per heavy atom. The van der Waals surface area contributed by atoms with Crippen molar-refractivity contribution in [2.45, 2.75) is 50.5 Å². The van der Waals surface area contributed by atoms with Gasteiger partial charge in [-0.15, -0.1) is 10.1 Å². The maximum Gasteiger partial charge on any atom is 0.294 e. The zero-order valence-corrected chi connectivity index (χ0v) is 22.9. The average molecular weight is 565 g/mol. The van der Waals surface area contributed by atoms with Crippen LogP contribution in [0.2, 0.25) is 0 Å². The lowest BCUT2D eigenvalue weighted by molar-refractivity contribution is -0.757. The van der Waals surface area contributed by atoms with Gasteiger partial charge >= 0.3 is 0 Å². The molecule has 1 N–H and O–H groups in total. The second-order valence-corrected chi connectivity index (χ2v) is 11.0. The van der Waals surface area contributed by atoms with E-state index in [0.29, 0.717) is 60.5 Å². The normalized spacial score (nSPS) is 14.4. The fourth-order valence-corrected chi connectivity index (χ4v) is 5.89. The van der Waals surface area contributed by atoms with Crippen molar-refractivity contribution in [3.05, 3.63) is 44.4 Å². The van der Waals surface area contributed by atoms with Gasteiger partial charge in [0.05, 0.1) is 35.5 Å². The van der Waals surface area contributed by atoms with Crippen molar-refractivity contribution >= 4 is 21.1 Å². The molecular weight excluding hydrogens is 532 g/mol. The van der Waals surface area contributed by atoms with Crippen LogP contribution in [-0.2, 0) is 33.1 Å². The van der Waals surface area contributed by atoms with Gasteiger partial charge in [-0.1, -0.05) is 13.3 Å². The van der Waals surface area contributed by atoms with Gasteiger partial charge in [0.25, 0.3) is 10.6 Å². The van der Waals surface area contributed by atoms with E-state index in [1.54, 1.807) is 13.1 Å². The molecule has 0 atom stereocenters. The SMILES string of the molecule is CCCc1nn(C)c2c(=O)[nH]c(-c3cc(S(=O)(=O)N4CC(OCCCCO[N+](=O)[O-])C4)ccc3OCC)nc12. The van der Waals surface area contributed by atoms with Gasteiger partial charge in [0.2, 0.25) is 10.0 Å². The average Bonchev–Trinajstić information content (AvgIpc) is 3.17. The van der Waals surface area contributed by atoms with Crippen LogP contribution in [0.15, 0.2) is 27.9 Å². The summed E-state index contributed by atoms with van der Waals surface area (Å²) in [5, 5.41) is 13.8. The number of rotatable bonds is 14. The van der Waals surface area contributed by atoms with Crippen LogP contribution in [0.1, 0.15) is 38.8 Å². The van der Waals surface area contributed by atoms with Gasteiger partial charge in [-0.2, -0.15) is 9.40 Å². The molecular formula is C24H32N6O8S. The van der Waals surface area contributed by atoms with E-state index in [4.69, 9.17) is 9.47 Å². The van der Waals surface area contributed by atoms with Crippen LogP contribution in [0, 0.1) is 10.1 Å². The molecule has 0 bridgehead atoms. The van der Waals surface area contributed by atoms with E-state index >= 15 is 0 Å². The summed E-state index contributed by atoms with van der Waals surface area (Å²) in [6, 6.07) is 4.49. The molecule has 1 fully saturated rings. The van der Waals surface area contributed by atoms with Crippen LogP contribution < -0.4 is 10.3 Å². The summed E-state index contributed by atoms with van der Waals surface area (Å²) < 4.78 is 40.9. The van der Waals surface area contributed by atoms with E-state index < -0.39 is 15.1 Å². The number of sulfonamides is 1. The number of nitrogens with zero attached hydrogens (tertiary/aromatic N) is 5. The molecule has 39 heavy (non-hydrogen) atoms. The Morgan fingerprint density at radius 2 is 1.95 bits per heavy atom. The second-order valence-electron chi connectivity index (χ2n) is 9.10. The zero-order valence-electron chi connectivity index (χ0n) is 22.1. The van der Waals surface area contributed by atoms with Crippen LogP contribution in [0.4, 0.5) is 0 Å². The van der Waals surface area contributed by atoms with E-state index in [-0.39, 0.29) is 42.1 Å². The van der Waals surface area contributed by atoms with Crippen molar-refractivity contribution in [2.24, 2.45) is 7.05 Å². The fraction of sp³-hybridized carbons (Fsp3) is 0.542. The summed E-state index contributed by atoms with van der Waals surface area (Å²) >= 11 is 0. The molecule has 2 aromatic heterocycles. The Morgan fingerprint density at radius 3 is 2.64 bits per heavy atom. The number of fused-ring (bicyclic) bond motifs is 1. The summed E-state index contributed by atoms with van der Waals surface area (Å²) in [4.78, 5) is 34.9. The molecule has 4 rings (SSSR count). The van der Waals surface area contributed by atoms with E-state index in [1.807, 2.05) is 13.8 Å².